The summed E-state index contributed by atoms with van der Waals surface area (Å²) in [4.78, 5) is 22.6. The van der Waals surface area contributed by atoms with Gasteiger partial charge in [-0.3, -0.25) is 4.79 Å². The molecule has 0 aromatic rings. The van der Waals surface area contributed by atoms with Crippen molar-refractivity contribution in [1.29, 1.82) is 5.26 Å². The van der Waals surface area contributed by atoms with Crippen LogP contribution in [0.5, 0.6) is 0 Å². The highest BCUT2D eigenvalue weighted by Crippen LogP contribution is 2.13. The molecule has 2 N–H and O–H groups in total. The lowest BCUT2D eigenvalue weighted by Gasteiger charge is -2.17. The van der Waals surface area contributed by atoms with E-state index in [1.54, 1.807) is 6.92 Å². The number of carboxylic acids is 1. The minimum Gasteiger partial charge on any atom is -0.480 e. The summed E-state index contributed by atoms with van der Waals surface area (Å²) in [5.41, 5.74) is 0. The zero-order valence-corrected chi connectivity index (χ0v) is 9.68. The fourth-order valence-corrected chi connectivity index (χ4v) is 1.68. The van der Waals surface area contributed by atoms with E-state index in [2.05, 4.69) is 5.32 Å². The van der Waals surface area contributed by atoms with Crippen LogP contribution in [0.15, 0.2) is 0 Å². The van der Waals surface area contributed by atoms with Gasteiger partial charge >= 0.3 is 5.97 Å². The lowest BCUT2D eigenvalue weighted by atomic mass is 10.0. The van der Waals surface area contributed by atoms with Crippen LogP contribution in [0.3, 0.4) is 0 Å². The van der Waals surface area contributed by atoms with E-state index in [4.69, 9.17) is 15.1 Å². The molecule has 0 radical (unpaired) electrons. The Morgan fingerprint density at radius 2 is 2.35 bits per heavy atom. The average molecular weight is 240 g/mol. The standard InChI is InChI=1S/C11H16N2O4/c1-7(6-12)5-8(11(15)16)13-10(14)9-3-2-4-17-9/h7-9H,2-5H2,1H3,(H,13,14)(H,15,16)/t7-,8-,9-/m1/s1. The van der Waals surface area contributed by atoms with Crippen LogP contribution >= 0.6 is 0 Å². The van der Waals surface area contributed by atoms with Crippen LogP contribution in [0, 0.1) is 17.2 Å². The zero-order valence-electron chi connectivity index (χ0n) is 9.68. The number of carbonyl (C=O) groups is 2. The molecule has 0 saturated carbocycles. The molecule has 1 aliphatic heterocycles. The molecule has 0 unspecified atom stereocenters. The first-order valence-electron chi connectivity index (χ1n) is 5.59. The molecular weight excluding hydrogens is 224 g/mol. The van der Waals surface area contributed by atoms with Gasteiger partial charge in [0.2, 0.25) is 5.91 Å². The third-order valence-electron chi connectivity index (χ3n) is 2.65. The number of carbonyl (C=O) groups excluding carboxylic acids is 1. The molecule has 0 aliphatic carbocycles. The van der Waals surface area contributed by atoms with E-state index in [0.717, 1.165) is 6.42 Å². The van der Waals surface area contributed by atoms with Crippen LogP contribution in [0.2, 0.25) is 0 Å². The molecule has 0 spiro atoms. The van der Waals surface area contributed by atoms with E-state index in [9.17, 15) is 9.59 Å². The number of amides is 1. The molecule has 0 aromatic carbocycles. The number of nitrogens with one attached hydrogen (secondary N) is 1. The summed E-state index contributed by atoms with van der Waals surface area (Å²) < 4.78 is 5.16. The number of hydrogen-bond donors (Lipinski definition) is 2. The SMILES string of the molecule is C[C@@H](C#N)C[C@@H](NC(=O)[C@H]1CCCO1)C(=O)O. The lowest BCUT2D eigenvalue weighted by Crippen LogP contribution is -2.46. The summed E-state index contributed by atoms with van der Waals surface area (Å²) in [7, 11) is 0. The van der Waals surface area contributed by atoms with Crippen LogP contribution < -0.4 is 5.32 Å². The summed E-state index contributed by atoms with van der Waals surface area (Å²) in [6.07, 6.45) is 0.981. The number of hydrogen-bond acceptors (Lipinski definition) is 4. The van der Waals surface area contributed by atoms with Crippen molar-refractivity contribution in [2.45, 2.75) is 38.3 Å². The quantitative estimate of drug-likeness (QED) is 0.719. The van der Waals surface area contributed by atoms with Crippen molar-refractivity contribution >= 4 is 11.9 Å². The Morgan fingerprint density at radius 1 is 1.65 bits per heavy atom. The Balaban J connectivity index is 2.51. The molecule has 1 heterocycles. The molecule has 1 fully saturated rings. The van der Waals surface area contributed by atoms with E-state index in [-0.39, 0.29) is 6.42 Å². The number of ether oxygens (including phenoxy) is 1. The molecule has 1 rings (SSSR count). The molecule has 1 amide bonds. The van der Waals surface area contributed by atoms with E-state index < -0.39 is 29.9 Å². The second-order valence-corrected chi connectivity index (χ2v) is 4.17. The second-order valence-electron chi connectivity index (χ2n) is 4.17. The number of nitrogens with zero attached hydrogens (tertiary/aromatic N) is 1. The summed E-state index contributed by atoms with van der Waals surface area (Å²) in [6.45, 7) is 2.15. The van der Waals surface area contributed by atoms with Gasteiger partial charge in [-0.25, -0.2) is 4.79 Å². The Kier molecular flexibility index (Phi) is 4.91. The highest BCUT2D eigenvalue weighted by Gasteiger charge is 2.28. The molecule has 17 heavy (non-hydrogen) atoms. The fraction of sp³-hybridized carbons (Fsp3) is 0.727. The van der Waals surface area contributed by atoms with Crippen LogP contribution in [-0.4, -0.2) is 35.7 Å². The Bertz CT molecular complexity index is 331. The van der Waals surface area contributed by atoms with Crippen LogP contribution in [0.4, 0.5) is 0 Å². The average Bonchev–Trinajstić information content (AvgIpc) is 2.81. The topological polar surface area (TPSA) is 99.4 Å². The van der Waals surface area contributed by atoms with E-state index in [1.807, 2.05) is 6.07 Å². The largest absolute Gasteiger partial charge is 0.480 e. The van der Waals surface area contributed by atoms with Crippen molar-refractivity contribution in [2.75, 3.05) is 6.61 Å². The zero-order chi connectivity index (χ0) is 12.8. The first-order chi connectivity index (χ1) is 8.04. The van der Waals surface area contributed by atoms with Crippen LogP contribution in [-0.2, 0) is 14.3 Å². The molecule has 6 nitrogen and oxygen atoms in total. The van der Waals surface area contributed by atoms with Gasteiger partial charge in [0.05, 0.1) is 6.07 Å². The summed E-state index contributed by atoms with van der Waals surface area (Å²) in [5.74, 6) is -1.95. The van der Waals surface area contributed by atoms with E-state index >= 15 is 0 Å². The molecule has 1 saturated heterocycles. The molecular formula is C11H16N2O4. The number of aliphatic carboxylic acids is 1. The van der Waals surface area contributed by atoms with E-state index in [1.165, 1.54) is 0 Å². The monoisotopic (exact) mass is 240 g/mol. The Hall–Kier alpha value is -1.61. The molecule has 0 aromatic heterocycles. The van der Waals surface area contributed by atoms with Gasteiger partial charge in [0.1, 0.15) is 12.1 Å². The van der Waals surface area contributed by atoms with Gasteiger partial charge in [-0.2, -0.15) is 5.26 Å². The number of nitriles is 1. The van der Waals surface area contributed by atoms with Gasteiger partial charge in [0, 0.05) is 12.5 Å². The summed E-state index contributed by atoms with van der Waals surface area (Å²) in [5, 5.41) is 20.0. The van der Waals surface area contributed by atoms with Gasteiger partial charge in [-0.15, -0.1) is 0 Å². The third-order valence-corrected chi connectivity index (χ3v) is 2.65. The molecule has 0 bridgehead atoms. The maximum absolute atomic E-state index is 11.6. The van der Waals surface area contributed by atoms with Crippen molar-refractivity contribution in [3.05, 3.63) is 0 Å². The molecule has 1 aliphatic rings. The maximum atomic E-state index is 11.6. The van der Waals surface area contributed by atoms with Crippen molar-refractivity contribution in [3.63, 3.8) is 0 Å². The summed E-state index contributed by atoms with van der Waals surface area (Å²) >= 11 is 0. The number of rotatable bonds is 5. The minimum absolute atomic E-state index is 0.101. The molecule has 3 atom stereocenters. The summed E-state index contributed by atoms with van der Waals surface area (Å²) in [6, 6.07) is 0.921. The number of carboxylic acid groups (broad SMARTS) is 1. The van der Waals surface area contributed by atoms with Crippen LogP contribution in [0.25, 0.3) is 0 Å². The highest BCUT2D eigenvalue weighted by molar-refractivity contribution is 5.86. The minimum atomic E-state index is -1.13. The second kappa shape index (κ2) is 6.21. The highest BCUT2D eigenvalue weighted by atomic mass is 16.5. The van der Waals surface area contributed by atoms with Gasteiger partial charge in [0.25, 0.3) is 0 Å². The van der Waals surface area contributed by atoms with Crippen molar-refractivity contribution in [2.24, 2.45) is 5.92 Å². The van der Waals surface area contributed by atoms with Crippen LogP contribution in [0.1, 0.15) is 26.2 Å². The first kappa shape index (κ1) is 13.5. The lowest BCUT2D eigenvalue weighted by molar-refractivity contribution is -0.144. The Labute approximate surface area is 99.6 Å². The smallest absolute Gasteiger partial charge is 0.326 e. The fourth-order valence-electron chi connectivity index (χ4n) is 1.68. The Morgan fingerprint density at radius 3 is 2.82 bits per heavy atom. The van der Waals surface area contributed by atoms with Gasteiger partial charge in [-0.05, 0) is 26.2 Å². The van der Waals surface area contributed by atoms with Gasteiger partial charge < -0.3 is 15.2 Å². The molecule has 94 valence electrons. The van der Waals surface area contributed by atoms with E-state index in [0.29, 0.717) is 13.0 Å². The van der Waals surface area contributed by atoms with Crippen molar-refractivity contribution < 1.29 is 19.4 Å². The molecule has 6 heteroatoms. The third kappa shape index (κ3) is 4.04. The first-order valence-corrected chi connectivity index (χ1v) is 5.59. The maximum Gasteiger partial charge on any atom is 0.326 e. The van der Waals surface area contributed by atoms with Gasteiger partial charge in [-0.1, -0.05) is 0 Å². The predicted molar refractivity (Wildman–Crippen MR) is 57.9 cm³/mol. The van der Waals surface area contributed by atoms with Crippen molar-refractivity contribution in [3.8, 4) is 6.07 Å². The predicted octanol–water partition coefficient (Wildman–Crippen LogP) is 0.285. The van der Waals surface area contributed by atoms with Crippen molar-refractivity contribution in [1.82, 2.24) is 5.32 Å². The normalized spacial score (nSPS) is 22.5. The van der Waals surface area contributed by atoms with Gasteiger partial charge in [0.15, 0.2) is 0 Å².